The molecule has 3 heteroatoms. The smallest absolute Gasteiger partial charge is 0.0991 e. The zero-order valence-electron chi connectivity index (χ0n) is 7.82. The number of nitrogens with zero attached hydrogens (tertiary/aromatic N) is 1. The van der Waals surface area contributed by atoms with E-state index < -0.39 is 7.14 Å². The van der Waals surface area contributed by atoms with Crippen molar-refractivity contribution in [2.24, 2.45) is 0 Å². The minimum absolute atomic E-state index is 0.610. The maximum Gasteiger partial charge on any atom is 0.0991 e. The highest BCUT2D eigenvalue weighted by Gasteiger charge is 2.07. The first-order valence-electron chi connectivity index (χ1n) is 4.04. The van der Waals surface area contributed by atoms with Crippen molar-refractivity contribution in [3.63, 3.8) is 0 Å². The molecule has 0 atom stereocenters. The number of nitriles is 1. The molecule has 68 valence electrons. The van der Waals surface area contributed by atoms with E-state index in [4.69, 9.17) is 5.26 Å². The predicted molar refractivity (Wildman–Crippen MR) is 54.3 cm³/mol. The van der Waals surface area contributed by atoms with E-state index in [1.165, 1.54) is 0 Å². The molecule has 0 saturated heterocycles. The summed E-state index contributed by atoms with van der Waals surface area (Å²) in [7, 11) is -1.99. The minimum Gasteiger partial charge on any atom is -0.324 e. The van der Waals surface area contributed by atoms with E-state index in [1.54, 1.807) is 25.5 Å². The van der Waals surface area contributed by atoms with E-state index in [0.717, 1.165) is 5.56 Å². The van der Waals surface area contributed by atoms with Crippen LogP contribution in [-0.4, -0.2) is 13.3 Å². The number of benzene rings is 1. The first-order valence-corrected chi connectivity index (χ1v) is 6.83. The molecule has 1 aromatic rings. The Morgan fingerprint density at radius 1 is 1.31 bits per heavy atom. The zero-order chi connectivity index (χ0) is 9.90. The highest BCUT2D eigenvalue weighted by atomic mass is 31.2. The summed E-state index contributed by atoms with van der Waals surface area (Å²) in [5.74, 6) is 0. The molecule has 0 aliphatic rings. The Morgan fingerprint density at radius 3 is 2.23 bits per heavy atom. The van der Waals surface area contributed by atoms with Gasteiger partial charge < -0.3 is 4.57 Å². The van der Waals surface area contributed by atoms with Crippen molar-refractivity contribution in [3.05, 3.63) is 35.4 Å². The van der Waals surface area contributed by atoms with Gasteiger partial charge in [-0.15, -0.1) is 0 Å². The molecule has 0 N–H and O–H groups in total. The van der Waals surface area contributed by atoms with Crippen LogP contribution in [0.3, 0.4) is 0 Å². The lowest BCUT2D eigenvalue weighted by atomic mass is 10.2. The number of rotatable bonds is 2. The standard InChI is InChI=1S/C10H12NOP/c1-13(2,12)8-10-5-3-9(7-11)4-6-10/h3-6H,8H2,1-2H3. The quantitative estimate of drug-likeness (QED) is 0.677. The topological polar surface area (TPSA) is 40.9 Å². The lowest BCUT2D eigenvalue weighted by Crippen LogP contribution is -1.85. The summed E-state index contributed by atoms with van der Waals surface area (Å²) in [4.78, 5) is 0. The fraction of sp³-hybridized carbons (Fsp3) is 0.300. The molecule has 0 unspecified atom stereocenters. The summed E-state index contributed by atoms with van der Waals surface area (Å²) in [6.07, 6.45) is 0.610. The van der Waals surface area contributed by atoms with Crippen LogP contribution in [0.15, 0.2) is 24.3 Å². The summed E-state index contributed by atoms with van der Waals surface area (Å²) >= 11 is 0. The molecule has 1 rings (SSSR count). The summed E-state index contributed by atoms with van der Waals surface area (Å²) < 4.78 is 11.5. The fourth-order valence-electron chi connectivity index (χ4n) is 1.12. The van der Waals surface area contributed by atoms with Gasteiger partial charge >= 0.3 is 0 Å². The van der Waals surface area contributed by atoms with Crippen molar-refractivity contribution < 1.29 is 4.57 Å². The van der Waals surface area contributed by atoms with Crippen LogP contribution in [0.5, 0.6) is 0 Å². The second-order valence-electron chi connectivity index (χ2n) is 3.54. The Labute approximate surface area is 78.6 Å². The van der Waals surface area contributed by atoms with E-state index >= 15 is 0 Å². The molecule has 0 heterocycles. The number of hydrogen-bond acceptors (Lipinski definition) is 2. The molecule has 0 bridgehead atoms. The Kier molecular flexibility index (Phi) is 2.90. The van der Waals surface area contributed by atoms with Crippen LogP contribution in [-0.2, 0) is 10.7 Å². The molecule has 13 heavy (non-hydrogen) atoms. The molecule has 0 aliphatic heterocycles. The Balaban J connectivity index is 2.83. The molecule has 1 aromatic carbocycles. The number of hydrogen-bond donors (Lipinski definition) is 0. The third-order valence-corrected chi connectivity index (χ3v) is 2.77. The Bertz CT molecular complexity index is 369. The van der Waals surface area contributed by atoms with Gasteiger partial charge in [-0.05, 0) is 31.0 Å². The van der Waals surface area contributed by atoms with Gasteiger partial charge in [-0.3, -0.25) is 0 Å². The van der Waals surface area contributed by atoms with Crippen molar-refractivity contribution in [2.75, 3.05) is 13.3 Å². The molecule has 0 fully saturated rings. The second kappa shape index (κ2) is 3.77. The SMILES string of the molecule is CP(C)(=O)Cc1ccc(C#N)cc1. The van der Waals surface area contributed by atoms with Gasteiger partial charge in [0.15, 0.2) is 0 Å². The third-order valence-electron chi connectivity index (χ3n) is 1.65. The Hall–Kier alpha value is -1.06. The molecule has 0 aromatic heterocycles. The van der Waals surface area contributed by atoms with Crippen LogP contribution in [0.1, 0.15) is 11.1 Å². The lowest BCUT2D eigenvalue weighted by Gasteiger charge is -2.05. The fourth-order valence-corrected chi connectivity index (χ4v) is 2.21. The Morgan fingerprint density at radius 2 is 1.85 bits per heavy atom. The first kappa shape index (κ1) is 10.0. The molecule has 0 aliphatic carbocycles. The third kappa shape index (κ3) is 3.44. The summed E-state index contributed by atoms with van der Waals surface area (Å²) in [5, 5.41) is 8.56. The lowest BCUT2D eigenvalue weighted by molar-refractivity contribution is 0.582. The average Bonchev–Trinajstić information content (AvgIpc) is 2.03. The van der Waals surface area contributed by atoms with Crippen molar-refractivity contribution >= 4 is 7.14 Å². The minimum atomic E-state index is -1.99. The van der Waals surface area contributed by atoms with Gasteiger partial charge in [0.05, 0.1) is 18.8 Å². The van der Waals surface area contributed by atoms with Gasteiger partial charge in [0, 0.05) is 6.16 Å². The van der Waals surface area contributed by atoms with Gasteiger partial charge in [0.2, 0.25) is 0 Å². The average molecular weight is 193 g/mol. The monoisotopic (exact) mass is 193 g/mol. The zero-order valence-corrected chi connectivity index (χ0v) is 8.71. The maximum absolute atomic E-state index is 11.5. The van der Waals surface area contributed by atoms with Crippen molar-refractivity contribution in [1.82, 2.24) is 0 Å². The normalized spacial score (nSPS) is 10.8. The van der Waals surface area contributed by atoms with Crippen LogP contribution in [0.2, 0.25) is 0 Å². The van der Waals surface area contributed by atoms with E-state index in [-0.39, 0.29) is 0 Å². The highest BCUT2D eigenvalue weighted by Crippen LogP contribution is 2.40. The van der Waals surface area contributed by atoms with Gasteiger partial charge in [-0.25, -0.2) is 0 Å². The molecule has 0 spiro atoms. The first-order chi connectivity index (χ1) is 6.01. The summed E-state index contributed by atoms with van der Waals surface area (Å²) in [6, 6.07) is 9.28. The van der Waals surface area contributed by atoms with Crippen molar-refractivity contribution in [3.8, 4) is 6.07 Å². The van der Waals surface area contributed by atoms with E-state index in [1.807, 2.05) is 18.2 Å². The van der Waals surface area contributed by atoms with Crippen LogP contribution in [0, 0.1) is 11.3 Å². The van der Waals surface area contributed by atoms with Crippen molar-refractivity contribution in [1.29, 1.82) is 5.26 Å². The van der Waals surface area contributed by atoms with Crippen LogP contribution in [0.4, 0.5) is 0 Å². The van der Waals surface area contributed by atoms with Crippen LogP contribution < -0.4 is 0 Å². The van der Waals surface area contributed by atoms with Gasteiger partial charge in [0.25, 0.3) is 0 Å². The van der Waals surface area contributed by atoms with Gasteiger partial charge in [-0.1, -0.05) is 12.1 Å². The van der Waals surface area contributed by atoms with E-state index in [2.05, 4.69) is 0 Å². The largest absolute Gasteiger partial charge is 0.324 e. The predicted octanol–water partition coefficient (Wildman–Crippen LogP) is 2.68. The summed E-state index contributed by atoms with van der Waals surface area (Å²) in [5.41, 5.74) is 1.68. The van der Waals surface area contributed by atoms with Gasteiger partial charge in [0.1, 0.15) is 0 Å². The van der Waals surface area contributed by atoms with E-state index in [0.29, 0.717) is 11.7 Å². The molecule has 2 nitrogen and oxygen atoms in total. The molecular weight excluding hydrogens is 181 g/mol. The van der Waals surface area contributed by atoms with Crippen molar-refractivity contribution in [2.45, 2.75) is 6.16 Å². The molecule has 0 amide bonds. The van der Waals surface area contributed by atoms with Crippen LogP contribution in [0.25, 0.3) is 0 Å². The highest BCUT2D eigenvalue weighted by molar-refractivity contribution is 7.61. The maximum atomic E-state index is 11.5. The molecule has 0 radical (unpaired) electrons. The summed E-state index contributed by atoms with van der Waals surface area (Å²) in [6.45, 7) is 3.54. The van der Waals surface area contributed by atoms with E-state index in [9.17, 15) is 4.57 Å². The molecular formula is C10H12NOP. The second-order valence-corrected chi connectivity index (χ2v) is 7.00. The van der Waals surface area contributed by atoms with Crippen LogP contribution >= 0.6 is 7.14 Å². The van der Waals surface area contributed by atoms with Gasteiger partial charge in [-0.2, -0.15) is 5.26 Å². The molecule has 0 saturated carbocycles.